The minimum absolute atomic E-state index is 0.445. The zero-order valence-electron chi connectivity index (χ0n) is 11.5. The molecule has 3 heterocycles. The topological polar surface area (TPSA) is 3.24 Å². The molecule has 0 bridgehead atoms. The summed E-state index contributed by atoms with van der Waals surface area (Å²) >= 11 is 4.52. The Kier molecular flexibility index (Phi) is 4.32. The molecule has 0 aliphatic carbocycles. The maximum Gasteiger partial charge on any atom is 0.0835 e. The molecule has 18 heavy (non-hydrogen) atoms. The molecule has 0 aromatic carbocycles. The molecule has 0 aromatic heterocycles. The predicted octanol–water partition coefficient (Wildman–Crippen LogP) is 4.15. The van der Waals surface area contributed by atoms with Gasteiger partial charge in [-0.2, -0.15) is 0 Å². The molecule has 1 atom stereocenters. The van der Waals surface area contributed by atoms with Crippen molar-refractivity contribution in [3.8, 4) is 0 Å². The highest BCUT2D eigenvalue weighted by Gasteiger charge is 2.43. The number of hydrogen-bond donors (Lipinski definition) is 0. The third-order valence-electron chi connectivity index (χ3n) is 4.48. The van der Waals surface area contributed by atoms with Crippen molar-refractivity contribution >= 4 is 23.5 Å². The van der Waals surface area contributed by atoms with E-state index in [9.17, 15) is 0 Å². The molecule has 3 heteroatoms. The van der Waals surface area contributed by atoms with E-state index in [4.69, 9.17) is 0 Å². The number of rotatable bonds is 3. The van der Waals surface area contributed by atoms with Crippen molar-refractivity contribution in [1.29, 1.82) is 0 Å². The van der Waals surface area contributed by atoms with Crippen LogP contribution in [0.2, 0.25) is 0 Å². The van der Waals surface area contributed by atoms with Crippen LogP contribution in [0.25, 0.3) is 0 Å². The number of hydrogen-bond acceptors (Lipinski definition) is 3. The lowest BCUT2D eigenvalue weighted by Gasteiger charge is -2.44. The summed E-state index contributed by atoms with van der Waals surface area (Å²) in [7, 11) is 0. The highest BCUT2D eigenvalue weighted by atomic mass is 32.2. The lowest BCUT2D eigenvalue weighted by molar-refractivity contribution is 0.266. The molecule has 3 aliphatic rings. The van der Waals surface area contributed by atoms with E-state index in [0.29, 0.717) is 4.08 Å². The SMILES string of the molecule is CCCC1(C2=CCCN3CCCC23)SCCCS1. The maximum atomic E-state index is 2.75. The van der Waals surface area contributed by atoms with E-state index in [-0.39, 0.29) is 0 Å². The Morgan fingerprint density at radius 2 is 2.11 bits per heavy atom. The molecular weight excluding hydrogens is 258 g/mol. The molecule has 3 rings (SSSR count). The Bertz CT molecular complexity index is 315. The number of thioether (sulfide) groups is 2. The second-order valence-corrected chi connectivity index (χ2v) is 8.74. The normalized spacial score (nSPS) is 32.1. The van der Waals surface area contributed by atoms with Crippen LogP contribution in [-0.4, -0.2) is 39.6 Å². The molecule has 102 valence electrons. The molecule has 2 saturated heterocycles. The zero-order valence-corrected chi connectivity index (χ0v) is 13.1. The van der Waals surface area contributed by atoms with E-state index in [2.05, 4.69) is 41.4 Å². The summed E-state index contributed by atoms with van der Waals surface area (Å²) < 4.78 is 0.445. The largest absolute Gasteiger partial charge is 0.296 e. The predicted molar refractivity (Wildman–Crippen MR) is 84.5 cm³/mol. The van der Waals surface area contributed by atoms with Crippen LogP contribution in [0.4, 0.5) is 0 Å². The second kappa shape index (κ2) is 5.80. The fourth-order valence-electron chi connectivity index (χ4n) is 3.74. The highest BCUT2D eigenvalue weighted by Crippen LogP contribution is 2.53. The molecule has 0 N–H and O–H groups in total. The molecule has 3 aliphatic heterocycles. The van der Waals surface area contributed by atoms with Gasteiger partial charge in [-0.25, -0.2) is 0 Å². The zero-order chi connectivity index (χ0) is 12.4. The molecule has 0 amide bonds. The third-order valence-corrected chi connectivity index (χ3v) is 7.99. The lowest BCUT2D eigenvalue weighted by atomic mass is 9.94. The highest BCUT2D eigenvalue weighted by molar-refractivity contribution is 8.19. The van der Waals surface area contributed by atoms with Gasteiger partial charge in [-0.3, -0.25) is 4.90 Å². The quantitative estimate of drug-likeness (QED) is 0.716. The van der Waals surface area contributed by atoms with Crippen molar-refractivity contribution in [3.05, 3.63) is 11.6 Å². The van der Waals surface area contributed by atoms with E-state index in [1.165, 1.54) is 63.1 Å². The van der Waals surface area contributed by atoms with Gasteiger partial charge < -0.3 is 0 Å². The minimum Gasteiger partial charge on any atom is -0.296 e. The third kappa shape index (κ3) is 2.38. The molecule has 1 nitrogen and oxygen atoms in total. The standard InChI is InChI=1S/C15H25NS2/c1-2-8-15(17-11-5-12-18-15)13-6-3-9-16-10-4-7-14(13)16/h6,14H,2-5,7-12H2,1H3. The lowest BCUT2D eigenvalue weighted by Crippen LogP contribution is -2.43. The van der Waals surface area contributed by atoms with Crippen molar-refractivity contribution in [2.75, 3.05) is 24.6 Å². The average Bonchev–Trinajstić information content (AvgIpc) is 2.88. The fourth-order valence-corrected chi connectivity index (χ4v) is 7.46. The second-order valence-electron chi connectivity index (χ2n) is 5.70. The molecule has 1 unspecified atom stereocenters. The molecule has 0 saturated carbocycles. The van der Waals surface area contributed by atoms with Gasteiger partial charge in [-0.1, -0.05) is 19.4 Å². The van der Waals surface area contributed by atoms with Gasteiger partial charge >= 0.3 is 0 Å². The van der Waals surface area contributed by atoms with E-state index in [0.717, 1.165) is 6.04 Å². The average molecular weight is 284 g/mol. The van der Waals surface area contributed by atoms with Crippen LogP contribution in [-0.2, 0) is 0 Å². The maximum absolute atomic E-state index is 2.75. The van der Waals surface area contributed by atoms with Crippen LogP contribution in [0, 0.1) is 0 Å². The van der Waals surface area contributed by atoms with Gasteiger partial charge in [-0.15, -0.1) is 23.5 Å². The van der Waals surface area contributed by atoms with Gasteiger partial charge in [-0.05, 0) is 55.7 Å². The van der Waals surface area contributed by atoms with Gasteiger partial charge in [0.15, 0.2) is 0 Å². The molecule has 2 fully saturated rings. The van der Waals surface area contributed by atoms with Crippen LogP contribution < -0.4 is 0 Å². The first-order valence-corrected chi connectivity index (χ1v) is 9.55. The van der Waals surface area contributed by atoms with E-state index in [1.54, 1.807) is 0 Å². The van der Waals surface area contributed by atoms with E-state index >= 15 is 0 Å². The van der Waals surface area contributed by atoms with Gasteiger partial charge in [0.25, 0.3) is 0 Å². The van der Waals surface area contributed by atoms with Crippen molar-refractivity contribution in [2.45, 2.75) is 55.6 Å². The van der Waals surface area contributed by atoms with Gasteiger partial charge in [0.2, 0.25) is 0 Å². The first-order valence-electron chi connectivity index (χ1n) is 7.58. The van der Waals surface area contributed by atoms with Crippen LogP contribution in [0.1, 0.15) is 45.4 Å². The molecule has 0 radical (unpaired) electrons. The van der Waals surface area contributed by atoms with Crippen LogP contribution in [0.15, 0.2) is 11.6 Å². The molecule has 0 spiro atoms. The van der Waals surface area contributed by atoms with Crippen LogP contribution in [0.3, 0.4) is 0 Å². The summed E-state index contributed by atoms with van der Waals surface area (Å²) in [5.41, 5.74) is 1.81. The Morgan fingerprint density at radius 3 is 2.89 bits per heavy atom. The summed E-state index contributed by atoms with van der Waals surface area (Å²) in [6.07, 6.45) is 10.8. The Labute approximate surface area is 120 Å². The smallest absolute Gasteiger partial charge is 0.0835 e. The summed E-state index contributed by atoms with van der Waals surface area (Å²) in [5.74, 6) is 2.74. The van der Waals surface area contributed by atoms with Crippen molar-refractivity contribution in [3.63, 3.8) is 0 Å². The monoisotopic (exact) mass is 283 g/mol. The van der Waals surface area contributed by atoms with Crippen molar-refractivity contribution in [2.24, 2.45) is 0 Å². The first-order chi connectivity index (χ1) is 8.86. The van der Waals surface area contributed by atoms with Gasteiger partial charge in [0.1, 0.15) is 0 Å². The van der Waals surface area contributed by atoms with Crippen LogP contribution >= 0.6 is 23.5 Å². The van der Waals surface area contributed by atoms with Gasteiger partial charge in [0, 0.05) is 12.6 Å². The summed E-state index contributed by atoms with van der Waals surface area (Å²) in [6, 6.07) is 0.795. The molecular formula is C15H25NS2. The minimum atomic E-state index is 0.445. The molecule has 0 aromatic rings. The number of fused-ring (bicyclic) bond motifs is 1. The van der Waals surface area contributed by atoms with E-state index < -0.39 is 0 Å². The summed E-state index contributed by atoms with van der Waals surface area (Å²) in [6.45, 7) is 5.01. The first kappa shape index (κ1) is 13.4. The van der Waals surface area contributed by atoms with Gasteiger partial charge in [0.05, 0.1) is 4.08 Å². The fraction of sp³-hybridized carbons (Fsp3) is 0.867. The Balaban J connectivity index is 1.86. The van der Waals surface area contributed by atoms with Crippen molar-refractivity contribution in [1.82, 2.24) is 4.90 Å². The Morgan fingerprint density at radius 1 is 1.28 bits per heavy atom. The van der Waals surface area contributed by atoms with E-state index in [1.807, 2.05) is 5.57 Å². The van der Waals surface area contributed by atoms with Crippen molar-refractivity contribution < 1.29 is 0 Å². The summed E-state index contributed by atoms with van der Waals surface area (Å²) in [5, 5.41) is 0. The number of nitrogens with zero attached hydrogens (tertiary/aromatic N) is 1. The summed E-state index contributed by atoms with van der Waals surface area (Å²) in [4.78, 5) is 2.75. The Hall–Kier alpha value is 0.400. The van der Waals surface area contributed by atoms with Crippen LogP contribution in [0.5, 0.6) is 0 Å².